The Balaban J connectivity index is 1.63. The molecule has 0 N–H and O–H groups in total. The molecule has 2 aromatic heterocycles. The summed E-state index contributed by atoms with van der Waals surface area (Å²) in [5.74, 6) is 0.390. The minimum Gasteiger partial charge on any atom is -0.353 e. The summed E-state index contributed by atoms with van der Waals surface area (Å²) in [6.45, 7) is 3.89. The van der Waals surface area contributed by atoms with Gasteiger partial charge in [0.25, 0.3) is 5.91 Å². The van der Waals surface area contributed by atoms with Crippen LogP contribution in [0.15, 0.2) is 18.3 Å². The van der Waals surface area contributed by atoms with E-state index >= 15 is 0 Å². The number of nitrogens with zero attached hydrogens (tertiary/aromatic N) is 5. The summed E-state index contributed by atoms with van der Waals surface area (Å²) < 4.78 is 41.6. The van der Waals surface area contributed by atoms with Crippen LogP contribution in [-0.2, 0) is 12.6 Å². The largest absolute Gasteiger partial charge is 0.417 e. The molecule has 3 rings (SSSR count). The molecule has 1 fully saturated rings. The molecule has 25 heavy (non-hydrogen) atoms. The average Bonchev–Trinajstić information content (AvgIpc) is 3.09. The molecule has 0 aromatic carbocycles. The first-order valence-corrected chi connectivity index (χ1v) is 8.56. The summed E-state index contributed by atoms with van der Waals surface area (Å²) in [6, 6.07) is 2.39. The highest BCUT2D eigenvalue weighted by Gasteiger charge is 2.31. The maximum atomic E-state index is 12.6. The van der Waals surface area contributed by atoms with E-state index in [1.807, 2.05) is 11.8 Å². The van der Waals surface area contributed by atoms with Gasteiger partial charge in [-0.2, -0.15) is 13.2 Å². The molecule has 1 amide bonds. The lowest BCUT2D eigenvalue weighted by molar-refractivity contribution is -0.137. The molecular weight excluding hydrogens is 355 g/mol. The fourth-order valence-corrected chi connectivity index (χ4v) is 3.34. The third kappa shape index (κ3) is 3.73. The van der Waals surface area contributed by atoms with Crippen molar-refractivity contribution in [2.45, 2.75) is 19.5 Å². The van der Waals surface area contributed by atoms with Crippen LogP contribution in [0.2, 0.25) is 0 Å². The molecule has 0 bridgehead atoms. The van der Waals surface area contributed by atoms with Crippen molar-refractivity contribution in [1.82, 2.24) is 19.5 Å². The molecule has 10 heteroatoms. The highest BCUT2D eigenvalue weighted by atomic mass is 32.1. The van der Waals surface area contributed by atoms with Gasteiger partial charge in [-0.05, 0) is 30.1 Å². The van der Waals surface area contributed by atoms with E-state index in [4.69, 9.17) is 0 Å². The number of aromatic nitrogens is 3. The Hall–Kier alpha value is -2.23. The summed E-state index contributed by atoms with van der Waals surface area (Å²) >= 11 is 1.09. The van der Waals surface area contributed by atoms with Crippen LogP contribution in [0.5, 0.6) is 0 Å². The quantitative estimate of drug-likeness (QED) is 0.830. The van der Waals surface area contributed by atoms with Crippen molar-refractivity contribution in [2.24, 2.45) is 0 Å². The zero-order valence-electron chi connectivity index (χ0n) is 13.5. The molecule has 0 saturated carbocycles. The van der Waals surface area contributed by atoms with Crippen molar-refractivity contribution in [3.05, 3.63) is 34.5 Å². The second-order valence-electron chi connectivity index (χ2n) is 5.58. The fraction of sp³-hybridized carbons (Fsp3) is 0.467. The molecule has 0 aliphatic carbocycles. The van der Waals surface area contributed by atoms with Gasteiger partial charge in [0, 0.05) is 32.4 Å². The minimum absolute atomic E-state index is 0.0909. The van der Waals surface area contributed by atoms with Crippen LogP contribution in [0.25, 0.3) is 0 Å². The van der Waals surface area contributed by atoms with Crippen molar-refractivity contribution in [1.29, 1.82) is 0 Å². The van der Waals surface area contributed by atoms with E-state index in [2.05, 4.69) is 14.6 Å². The Morgan fingerprint density at radius 2 is 1.96 bits per heavy atom. The van der Waals surface area contributed by atoms with Crippen LogP contribution < -0.4 is 4.90 Å². The molecule has 3 heterocycles. The minimum atomic E-state index is -4.39. The van der Waals surface area contributed by atoms with E-state index in [0.29, 0.717) is 49.0 Å². The van der Waals surface area contributed by atoms with Gasteiger partial charge in [-0.1, -0.05) is 11.4 Å². The lowest BCUT2D eigenvalue weighted by Crippen LogP contribution is -2.49. The normalized spacial score (nSPS) is 15.5. The molecule has 0 atom stereocenters. The zero-order chi connectivity index (χ0) is 18.0. The molecule has 2 aromatic rings. The lowest BCUT2D eigenvalue weighted by Gasteiger charge is -2.35. The monoisotopic (exact) mass is 371 g/mol. The number of aryl methyl sites for hydroxylation is 1. The average molecular weight is 371 g/mol. The van der Waals surface area contributed by atoms with E-state index < -0.39 is 11.7 Å². The van der Waals surface area contributed by atoms with Crippen LogP contribution in [0.1, 0.15) is 27.9 Å². The Bertz CT molecular complexity index is 738. The predicted molar refractivity (Wildman–Crippen MR) is 86.6 cm³/mol. The second kappa shape index (κ2) is 6.95. The highest BCUT2D eigenvalue weighted by Crippen LogP contribution is 2.29. The van der Waals surface area contributed by atoms with E-state index in [9.17, 15) is 18.0 Å². The lowest BCUT2D eigenvalue weighted by atomic mass is 10.2. The number of hydrogen-bond acceptors (Lipinski definition) is 6. The fourth-order valence-electron chi connectivity index (χ4n) is 2.63. The Morgan fingerprint density at radius 3 is 2.52 bits per heavy atom. The van der Waals surface area contributed by atoms with Crippen molar-refractivity contribution >= 4 is 23.3 Å². The first-order valence-electron chi connectivity index (χ1n) is 7.79. The summed E-state index contributed by atoms with van der Waals surface area (Å²) in [6.07, 6.45) is -2.91. The van der Waals surface area contributed by atoms with Crippen molar-refractivity contribution in [3.63, 3.8) is 0 Å². The molecule has 1 aliphatic heterocycles. The van der Waals surface area contributed by atoms with E-state index in [-0.39, 0.29) is 5.91 Å². The van der Waals surface area contributed by atoms with E-state index in [1.54, 1.807) is 4.90 Å². The Labute approximate surface area is 146 Å². The third-order valence-corrected chi connectivity index (χ3v) is 4.81. The summed E-state index contributed by atoms with van der Waals surface area (Å²) in [4.78, 5) is 20.6. The highest BCUT2D eigenvalue weighted by molar-refractivity contribution is 7.08. The van der Waals surface area contributed by atoms with Gasteiger partial charge in [-0.15, -0.1) is 5.10 Å². The summed E-state index contributed by atoms with van der Waals surface area (Å²) in [7, 11) is 0. The van der Waals surface area contributed by atoms with Gasteiger partial charge in [-0.25, -0.2) is 4.98 Å². The predicted octanol–water partition coefficient (Wildman–Crippen LogP) is 2.48. The van der Waals surface area contributed by atoms with Crippen LogP contribution in [0.3, 0.4) is 0 Å². The van der Waals surface area contributed by atoms with Crippen molar-refractivity contribution in [3.8, 4) is 0 Å². The molecule has 0 radical (unpaired) electrons. The van der Waals surface area contributed by atoms with Gasteiger partial charge >= 0.3 is 6.18 Å². The van der Waals surface area contributed by atoms with Crippen LogP contribution in [-0.4, -0.2) is 51.6 Å². The van der Waals surface area contributed by atoms with Gasteiger partial charge in [0.05, 0.1) is 11.3 Å². The standard InChI is InChI=1S/C15H16F3N5OS/c1-2-11-13(25-21-20-11)14(24)23-7-5-22(6-8-23)12-4-3-10(9-19-12)15(16,17)18/h3-4,9H,2,5-8H2,1H3. The van der Waals surface area contributed by atoms with Crippen LogP contribution in [0, 0.1) is 0 Å². The molecule has 134 valence electrons. The molecule has 0 spiro atoms. The molecule has 0 unspecified atom stereocenters. The topological polar surface area (TPSA) is 62.2 Å². The van der Waals surface area contributed by atoms with Gasteiger partial charge < -0.3 is 9.80 Å². The van der Waals surface area contributed by atoms with Crippen LogP contribution >= 0.6 is 11.5 Å². The van der Waals surface area contributed by atoms with Gasteiger partial charge in [0.15, 0.2) is 0 Å². The number of piperazine rings is 1. The van der Waals surface area contributed by atoms with Crippen molar-refractivity contribution < 1.29 is 18.0 Å². The first-order chi connectivity index (χ1) is 11.9. The summed E-state index contributed by atoms with van der Waals surface area (Å²) in [5.41, 5.74) is -0.0725. The Morgan fingerprint density at radius 1 is 1.24 bits per heavy atom. The number of alkyl halides is 3. The molecule has 1 saturated heterocycles. The third-order valence-electron chi connectivity index (χ3n) is 4.05. The van der Waals surface area contributed by atoms with Crippen LogP contribution in [0.4, 0.5) is 19.0 Å². The second-order valence-corrected chi connectivity index (χ2v) is 6.34. The maximum absolute atomic E-state index is 12.6. The first kappa shape index (κ1) is 17.6. The maximum Gasteiger partial charge on any atom is 0.417 e. The van der Waals surface area contributed by atoms with Gasteiger partial charge in [0.1, 0.15) is 10.7 Å². The van der Waals surface area contributed by atoms with E-state index in [1.165, 1.54) is 6.07 Å². The number of rotatable bonds is 3. The number of amides is 1. The number of halogens is 3. The SMILES string of the molecule is CCc1nnsc1C(=O)N1CCN(c2ccc(C(F)(F)F)cn2)CC1. The number of hydrogen-bond donors (Lipinski definition) is 0. The molecular formula is C15H16F3N5OS. The van der Waals surface area contributed by atoms with E-state index in [0.717, 1.165) is 23.8 Å². The van der Waals surface area contributed by atoms with Gasteiger partial charge in [-0.3, -0.25) is 4.79 Å². The number of anilines is 1. The van der Waals surface area contributed by atoms with Gasteiger partial charge in [0.2, 0.25) is 0 Å². The molecule has 6 nitrogen and oxygen atoms in total. The smallest absolute Gasteiger partial charge is 0.353 e. The number of carbonyl (C=O) groups excluding carboxylic acids is 1. The Kier molecular flexibility index (Phi) is 4.89. The zero-order valence-corrected chi connectivity index (χ0v) is 14.3. The summed E-state index contributed by atoms with van der Waals surface area (Å²) in [5, 5.41) is 3.95. The number of carbonyl (C=O) groups is 1. The number of pyridine rings is 1. The van der Waals surface area contributed by atoms with Crippen molar-refractivity contribution in [2.75, 3.05) is 31.1 Å². The molecule has 1 aliphatic rings.